The van der Waals surface area contributed by atoms with Gasteiger partial charge in [-0.3, -0.25) is 9.79 Å². The summed E-state index contributed by atoms with van der Waals surface area (Å²) in [4.78, 5) is 25.0. The zero-order valence-corrected chi connectivity index (χ0v) is 18.0. The van der Waals surface area contributed by atoms with Gasteiger partial charge in [0.2, 0.25) is 0 Å². The Balaban J connectivity index is 1.98. The molecule has 0 bridgehead atoms. The van der Waals surface area contributed by atoms with E-state index in [9.17, 15) is 9.90 Å². The number of aromatic nitrogens is 1. The molecule has 0 fully saturated rings. The van der Waals surface area contributed by atoms with Crippen LogP contribution in [0.15, 0.2) is 35.5 Å². The van der Waals surface area contributed by atoms with Crippen LogP contribution >= 0.6 is 0 Å². The van der Waals surface area contributed by atoms with Gasteiger partial charge in [-0.25, -0.2) is 0 Å². The molecule has 0 radical (unpaired) electrons. The smallest absolute Gasteiger partial charge is 0.188 e. The molecule has 2 N–H and O–H groups in total. The third kappa shape index (κ3) is 3.64. The zero-order valence-electron chi connectivity index (χ0n) is 18.0. The Morgan fingerprint density at radius 3 is 2.50 bits per heavy atom. The second-order valence-corrected chi connectivity index (χ2v) is 8.40. The number of hydrogen-bond acceptors (Lipinski definition) is 5. The van der Waals surface area contributed by atoms with E-state index in [0.29, 0.717) is 0 Å². The van der Waals surface area contributed by atoms with Gasteiger partial charge in [-0.2, -0.15) is 0 Å². The van der Waals surface area contributed by atoms with Crippen LogP contribution in [-0.4, -0.2) is 67.0 Å². The van der Waals surface area contributed by atoms with Crippen molar-refractivity contribution in [3.8, 4) is 5.75 Å². The predicted octanol–water partition coefficient (Wildman–Crippen LogP) is 1.57. The van der Waals surface area contributed by atoms with Gasteiger partial charge >= 0.3 is 0 Å². The highest BCUT2D eigenvalue weighted by Crippen LogP contribution is 2.27. The van der Waals surface area contributed by atoms with Crippen molar-refractivity contribution in [1.82, 2.24) is 14.8 Å². The maximum atomic E-state index is 12.7. The Hall–Kier alpha value is -2.96. The van der Waals surface area contributed by atoms with Crippen LogP contribution in [0, 0.1) is 10.6 Å². The van der Waals surface area contributed by atoms with Crippen LogP contribution in [0.4, 0.5) is 0 Å². The highest BCUT2D eigenvalue weighted by atomic mass is 16.3. The van der Waals surface area contributed by atoms with E-state index in [1.807, 2.05) is 46.5 Å². The fraction of sp³-hybridized carbons (Fsp3) is 0.333. The van der Waals surface area contributed by atoms with E-state index in [1.54, 1.807) is 18.2 Å². The molecular weight excluding hydrogens is 376 g/mol. The van der Waals surface area contributed by atoms with Crippen LogP contribution in [0.25, 0.3) is 11.6 Å². The normalized spacial score (nSPS) is 15.8. The Bertz CT molecular complexity index is 1280. The molecule has 1 aromatic carbocycles. The summed E-state index contributed by atoms with van der Waals surface area (Å²) < 4.78 is 0. The molecule has 2 aromatic rings. The molecule has 30 heavy (non-hydrogen) atoms. The molecule has 0 saturated heterocycles. The average molecular weight is 405 g/mol. The van der Waals surface area contributed by atoms with Gasteiger partial charge in [-0.15, -0.1) is 0 Å². The van der Waals surface area contributed by atoms with Crippen molar-refractivity contribution < 1.29 is 9.90 Å². The first kappa shape index (κ1) is 20.3. The zero-order chi connectivity index (χ0) is 21.4. The summed E-state index contributed by atoms with van der Waals surface area (Å²) in [6.07, 6.45) is 8.76. The number of hydrogen-bond donors (Lipinski definition) is 2. The number of nitrogens with zero attached hydrogens (tertiary/aromatic N) is 3. The van der Waals surface area contributed by atoms with E-state index < -0.39 is 0 Å². The Morgan fingerprint density at radius 1 is 1.03 bits per heavy atom. The molecule has 1 aliphatic heterocycles. The standard InChI is InChI=1S/C24H28N4O2/c1-27(2)12-10-15-14-25-24-17(8-9-20(30)21(15)24)23-16(11-13-28(3)4)22-18(26-23)6-5-7-19(22)29/h5-9,14,26,30H,10-13H2,1-4H3. The SMILES string of the molecule is CN(C)CCC1=CN=c2c1c(O)ccc2=c1[nH]c2c(c1CCN(C)C)C(=O)C=CC=2. The minimum Gasteiger partial charge on any atom is -0.507 e. The molecular formula is C24H28N4O2. The molecule has 2 aliphatic rings. The lowest BCUT2D eigenvalue weighted by Gasteiger charge is -2.11. The van der Waals surface area contributed by atoms with Crippen molar-refractivity contribution >= 4 is 17.4 Å². The quantitative estimate of drug-likeness (QED) is 0.767. The van der Waals surface area contributed by atoms with Gasteiger partial charge < -0.3 is 19.9 Å². The van der Waals surface area contributed by atoms with Crippen molar-refractivity contribution in [2.75, 3.05) is 41.3 Å². The number of aromatic hydroxyl groups is 1. The molecule has 0 atom stereocenters. The van der Waals surface area contributed by atoms with E-state index in [1.165, 1.54) is 0 Å². The maximum Gasteiger partial charge on any atom is 0.188 e. The lowest BCUT2D eigenvalue weighted by Crippen LogP contribution is -2.19. The number of phenolic OH excluding ortho intramolecular Hbond substituents is 1. The predicted molar refractivity (Wildman–Crippen MR) is 119 cm³/mol. The summed E-state index contributed by atoms with van der Waals surface area (Å²) in [5.41, 5.74) is 3.59. The topological polar surface area (TPSA) is 71.9 Å². The molecule has 0 amide bonds. The minimum absolute atomic E-state index is 0.0286. The molecule has 1 aliphatic carbocycles. The van der Waals surface area contributed by atoms with E-state index >= 15 is 0 Å². The molecule has 0 saturated carbocycles. The van der Waals surface area contributed by atoms with Crippen LogP contribution in [-0.2, 0) is 6.42 Å². The monoisotopic (exact) mass is 404 g/mol. The van der Waals surface area contributed by atoms with Crippen LogP contribution in [0.3, 0.4) is 0 Å². The van der Waals surface area contributed by atoms with Gasteiger partial charge in [0.15, 0.2) is 5.78 Å². The first-order valence-electron chi connectivity index (χ1n) is 10.2. The van der Waals surface area contributed by atoms with Crippen molar-refractivity contribution in [3.05, 3.63) is 68.4 Å². The summed E-state index contributed by atoms with van der Waals surface area (Å²) in [6.45, 7) is 1.71. The number of allylic oxidation sites excluding steroid dienone is 2. The average Bonchev–Trinajstić information content (AvgIpc) is 3.28. The summed E-state index contributed by atoms with van der Waals surface area (Å²) in [6, 6.07) is 3.63. The van der Waals surface area contributed by atoms with E-state index in [0.717, 1.165) is 69.5 Å². The minimum atomic E-state index is 0.0286. The number of carbonyl (C=O) groups is 1. The molecule has 4 rings (SSSR count). The summed E-state index contributed by atoms with van der Waals surface area (Å²) in [5.74, 6) is 0.274. The number of H-pyrrole nitrogens is 1. The van der Waals surface area contributed by atoms with Gasteiger partial charge in [0.1, 0.15) is 5.75 Å². The third-order valence-electron chi connectivity index (χ3n) is 5.62. The lowest BCUT2D eigenvalue weighted by atomic mass is 9.99. The molecule has 2 heterocycles. The molecule has 0 spiro atoms. The van der Waals surface area contributed by atoms with Gasteiger partial charge in [-0.1, -0.05) is 6.08 Å². The first-order chi connectivity index (χ1) is 14.4. The van der Waals surface area contributed by atoms with Crippen LogP contribution in [0.1, 0.15) is 27.9 Å². The van der Waals surface area contributed by atoms with E-state index in [2.05, 4.69) is 19.8 Å². The highest BCUT2D eigenvalue weighted by Gasteiger charge is 2.20. The fourth-order valence-corrected chi connectivity index (χ4v) is 4.07. The van der Waals surface area contributed by atoms with Crippen LogP contribution in [0.5, 0.6) is 5.75 Å². The Labute approximate surface area is 175 Å². The molecule has 156 valence electrons. The second-order valence-electron chi connectivity index (χ2n) is 8.40. The number of fused-ring (bicyclic) bond motifs is 2. The number of aromatic amines is 1. The number of likely N-dealkylation sites (N-methyl/N-ethyl adjacent to an activating group) is 1. The van der Waals surface area contributed by atoms with Crippen LogP contribution < -0.4 is 10.7 Å². The largest absolute Gasteiger partial charge is 0.507 e. The van der Waals surface area contributed by atoms with Crippen molar-refractivity contribution in [2.24, 2.45) is 4.99 Å². The van der Waals surface area contributed by atoms with E-state index in [4.69, 9.17) is 0 Å². The van der Waals surface area contributed by atoms with Crippen molar-refractivity contribution in [2.45, 2.75) is 12.8 Å². The van der Waals surface area contributed by atoms with Gasteiger partial charge in [0.25, 0.3) is 0 Å². The molecule has 6 heteroatoms. The number of nitrogens with one attached hydrogen (secondary N) is 1. The highest BCUT2D eigenvalue weighted by molar-refractivity contribution is 6.07. The number of phenols is 1. The third-order valence-corrected chi connectivity index (χ3v) is 5.62. The lowest BCUT2D eigenvalue weighted by molar-refractivity contribution is 0.104. The van der Waals surface area contributed by atoms with Gasteiger partial charge in [-0.05, 0) is 76.5 Å². The van der Waals surface area contributed by atoms with Crippen molar-refractivity contribution in [3.63, 3.8) is 0 Å². The molecule has 0 unspecified atom stereocenters. The summed E-state index contributed by atoms with van der Waals surface area (Å²) in [7, 11) is 8.13. The van der Waals surface area contributed by atoms with Crippen molar-refractivity contribution in [1.29, 1.82) is 0 Å². The number of ketones is 1. The Kier molecular flexibility index (Phi) is 5.45. The summed E-state index contributed by atoms with van der Waals surface area (Å²) in [5, 5.41) is 14.0. The van der Waals surface area contributed by atoms with Crippen LogP contribution in [0.2, 0.25) is 0 Å². The first-order valence-corrected chi connectivity index (χ1v) is 10.2. The Morgan fingerprint density at radius 2 is 1.77 bits per heavy atom. The maximum absolute atomic E-state index is 12.7. The number of benzene rings is 1. The fourth-order valence-electron chi connectivity index (χ4n) is 4.07. The van der Waals surface area contributed by atoms with Gasteiger partial charge in [0, 0.05) is 30.1 Å². The number of carbonyl (C=O) groups excluding carboxylic acids is 1. The second kappa shape index (κ2) is 8.05. The van der Waals surface area contributed by atoms with Gasteiger partial charge in [0.05, 0.1) is 21.6 Å². The molecule has 6 nitrogen and oxygen atoms in total. The molecule has 1 aromatic heterocycles. The number of rotatable bonds is 6. The summed E-state index contributed by atoms with van der Waals surface area (Å²) >= 11 is 0. The van der Waals surface area contributed by atoms with E-state index in [-0.39, 0.29) is 11.5 Å².